The highest BCUT2D eigenvalue weighted by Crippen LogP contribution is 2.43. The number of carbonyl (C=O) groups excluding carboxylic acids is 1. The second kappa shape index (κ2) is 9.12. The molecule has 2 fully saturated rings. The summed E-state index contributed by atoms with van der Waals surface area (Å²) in [6.07, 6.45) is -5.58. The van der Waals surface area contributed by atoms with E-state index in [0.717, 1.165) is 24.3 Å². The van der Waals surface area contributed by atoms with Gasteiger partial charge in [-0.3, -0.25) is 4.79 Å². The van der Waals surface area contributed by atoms with Crippen LogP contribution < -0.4 is 5.32 Å². The number of methoxy groups -OCH3 is 1. The van der Waals surface area contributed by atoms with Crippen molar-refractivity contribution in [2.45, 2.75) is 53.6 Å². The van der Waals surface area contributed by atoms with E-state index < -0.39 is 66.8 Å². The number of nitrogens with one attached hydrogen (secondary N) is 1. The van der Waals surface area contributed by atoms with Gasteiger partial charge in [0.2, 0.25) is 5.91 Å². The fourth-order valence-electron chi connectivity index (χ4n) is 4.53. The van der Waals surface area contributed by atoms with Crippen LogP contribution in [0.1, 0.15) is 31.2 Å². The number of sulfone groups is 1. The van der Waals surface area contributed by atoms with Gasteiger partial charge in [-0.15, -0.1) is 0 Å². The van der Waals surface area contributed by atoms with Gasteiger partial charge < -0.3 is 10.1 Å². The second-order valence-corrected chi connectivity index (χ2v) is 11.2. The zero-order chi connectivity index (χ0) is 26.5. The van der Waals surface area contributed by atoms with E-state index in [-0.39, 0.29) is 24.0 Å². The molecular formula is C24H21F5N2O4S. The minimum Gasteiger partial charge on any atom is -0.381 e. The van der Waals surface area contributed by atoms with Crippen LogP contribution in [-0.2, 0) is 25.5 Å². The lowest BCUT2D eigenvalue weighted by molar-refractivity contribution is -0.139. The molecule has 0 aromatic heterocycles. The number of nitriles is 1. The molecule has 0 radical (unpaired) electrons. The molecular weight excluding hydrogens is 507 g/mol. The molecule has 2 aromatic rings. The average Bonchev–Trinajstić information content (AvgIpc) is 3.43. The van der Waals surface area contributed by atoms with E-state index in [2.05, 4.69) is 5.32 Å². The summed E-state index contributed by atoms with van der Waals surface area (Å²) >= 11 is 0. The molecule has 1 N–H and O–H groups in total. The predicted octanol–water partition coefficient (Wildman–Crippen LogP) is 4.39. The predicted molar refractivity (Wildman–Crippen MR) is 117 cm³/mol. The van der Waals surface area contributed by atoms with Crippen LogP contribution in [0.25, 0.3) is 11.1 Å². The van der Waals surface area contributed by atoms with Crippen molar-refractivity contribution in [2.24, 2.45) is 5.92 Å². The molecule has 6 nitrogen and oxygen atoms in total. The molecule has 2 aromatic carbocycles. The topological polar surface area (TPSA) is 96.3 Å². The standard InChI is InChI=1S/C24H21F5N2O4S/c1-35-20-11-15(10-17(20)22(32)31-23(12-30)6-7-23)36(33,34)21-5-2-13(8-18(21)24(27,28)29)16-4-3-14(25)9-19(16)26/h2-5,8-9,15,17,20H,6-7,10-11H2,1H3,(H,31,32)/t15-,17-,20?/m1/s1. The summed E-state index contributed by atoms with van der Waals surface area (Å²) in [5, 5.41) is 10.4. The van der Waals surface area contributed by atoms with Crippen molar-refractivity contribution in [3.05, 3.63) is 53.6 Å². The Hall–Kier alpha value is -3.04. The summed E-state index contributed by atoms with van der Waals surface area (Å²) in [6.45, 7) is 0. The van der Waals surface area contributed by atoms with Crippen LogP contribution >= 0.6 is 0 Å². The van der Waals surface area contributed by atoms with Gasteiger partial charge in [0.25, 0.3) is 0 Å². The molecule has 12 heteroatoms. The van der Waals surface area contributed by atoms with Crippen LogP contribution in [0.4, 0.5) is 22.0 Å². The zero-order valence-corrected chi connectivity index (χ0v) is 19.7. The first-order chi connectivity index (χ1) is 16.8. The minimum absolute atomic E-state index is 0.220. The Bertz CT molecular complexity index is 1350. The monoisotopic (exact) mass is 528 g/mol. The maximum atomic E-state index is 14.2. The Balaban J connectivity index is 1.68. The van der Waals surface area contributed by atoms with E-state index in [0.29, 0.717) is 25.0 Å². The number of hydrogen-bond acceptors (Lipinski definition) is 5. The number of carbonyl (C=O) groups is 1. The highest BCUT2D eigenvalue weighted by atomic mass is 32.2. The summed E-state index contributed by atoms with van der Waals surface area (Å²) in [4.78, 5) is 11.7. The fourth-order valence-corrected chi connectivity index (χ4v) is 6.53. The van der Waals surface area contributed by atoms with Crippen LogP contribution in [0.15, 0.2) is 41.3 Å². The highest BCUT2D eigenvalue weighted by Gasteiger charge is 2.51. The Kier molecular flexibility index (Phi) is 6.59. The molecule has 0 saturated heterocycles. The molecule has 3 atom stereocenters. The summed E-state index contributed by atoms with van der Waals surface area (Å²) in [5.41, 5.74) is -3.09. The minimum atomic E-state index is -5.10. The molecule has 36 heavy (non-hydrogen) atoms. The van der Waals surface area contributed by atoms with Crippen LogP contribution in [0.5, 0.6) is 0 Å². The number of alkyl halides is 3. The van der Waals surface area contributed by atoms with Crippen LogP contribution in [-0.4, -0.2) is 38.3 Å². The van der Waals surface area contributed by atoms with Gasteiger partial charge in [-0.25, -0.2) is 17.2 Å². The van der Waals surface area contributed by atoms with Crippen LogP contribution in [0, 0.1) is 28.9 Å². The third kappa shape index (κ3) is 4.82. The van der Waals surface area contributed by atoms with Crippen molar-refractivity contribution < 1.29 is 39.9 Å². The van der Waals surface area contributed by atoms with Gasteiger partial charge in [-0.2, -0.15) is 18.4 Å². The van der Waals surface area contributed by atoms with E-state index in [1.165, 1.54) is 7.11 Å². The number of amides is 1. The number of nitrogens with zero attached hydrogens (tertiary/aromatic N) is 1. The fraction of sp³-hybridized carbons (Fsp3) is 0.417. The van der Waals surface area contributed by atoms with Crippen LogP contribution in [0.2, 0.25) is 0 Å². The molecule has 1 unspecified atom stereocenters. The number of halogens is 5. The number of ether oxygens (including phenoxy) is 1. The van der Waals surface area contributed by atoms with Crippen molar-refractivity contribution >= 4 is 15.7 Å². The zero-order valence-electron chi connectivity index (χ0n) is 18.9. The molecule has 0 aliphatic heterocycles. The largest absolute Gasteiger partial charge is 0.417 e. The lowest BCUT2D eigenvalue weighted by Crippen LogP contribution is -2.42. The normalized spacial score (nSPS) is 23.2. The summed E-state index contributed by atoms with van der Waals surface area (Å²) in [7, 11) is -3.34. The lowest BCUT2D eigenvalue weighted by Gasteiger charge is -2.19. The van der Waals surface area contributed by atoms with Gasteiger partial charge in [-0.05, 0) is 55.5 Å². The van der Waals surface area contributed by atoms with E-state index in [9.17, 15) is 40.4 Å². The molecule has 1 amide bonds. The van der Waals surface area contributed by atoms with Crippen molar-refractivity contribution in [2.75, 3.05) is 7.11 Å². The highest BCUT2D eigenvalue weighted by molar-refractivity contribution is 7.92. The molecule has 0 spiro atoms. The molecule has 2 saturated carbocycles. The van der Waals surface area contributed by atoms with Crippen molar-refractivity contribution in [1.82, 2.24) is 5.32 Å². The summed E-state index contributed by atoms with van der Waals surface area (Å²) < 4.78 is 101. The van der Waals surface area contributed by atoms with E-state index in [1.807, 2.05) is 6.07 Å². The Labute approximate surface area is 204 Å². The number of rotatable bonds is 6. The molecule has 4 rings (SSSR count). The average molecular weight is 528 g/mol. The lowest BCUT2D eigenvalue weighted by atomic mass is 10.0. The molecule has 0 bridgehead atoms. The van der Waals surface area contributed by atoms with E-state index >= 15 is 0 Å². The smallest absolute Gasteiger partial charge is 0.381 e. The van der Waals surface area contributed by atoms with Gasteiger partial charge in [0, 0.05) is 18.7 Å². The van der Waals surface area contributed by atoms with E-state index in [4.69, 9.17) is 4.74 Å². The van der Waals surface area contributed by atoms with Crippen molar-refractivity contribution in [3.63, 3.8) is 0 Å². The quantitative estimate of drug-likeness (QED) is 0.561. The maximum absolute atomic E-state index is 14.2. The van der Waals surface area contributed by atoms with Gasteiger partial charge in [0.15, 0.2) is 9.84 Å². The third-order valence-electron chi connectivity index (χ3n) is 6.70. The Morgan fingerprint density at radius 2 is 1.83 bits per heavy atom. The van der Waals surface area contributed by atoms with E-state index in [1.54, 1.807) is 0 Å². The van der Waals surface area contributed by atoms with Crippen LogP contribution in [0.3, 0.4) is 0 Å². The molecule has 0 heterocycles. The first-order valence-electron chi connectivity index (χ1n) is 11.0. The van der Waals surface area contributed by atoms with Gasteiger partial charge >= 0.3 is 6.18 Å². The van der Waals surface area contributed by atoms with Gasteiger partial charge in [0.1, 0.15) is 17.2 Å². The summed E-state index contributed by atoms with van der Waals surface area (Å²) in [5.74, 6) is -3.57. The Morgan fingerprint density at radius 3 is 2.39 bits per heavy atom. The first kappa shape index (κ1) is 26.0. The number of hydrogen-bond donors (Lipinski definition) is 1. The SMILES string of the molecule is COC1C[C@H](S(=O)(=O)c2ccc(-c3ccc(F)cc3F)cc2C(F)(F)F)C[C@H]1C(=O)NC1(C#N)CC1. The molecule has 2 aliphatic rings. The van der Waals surface area contributed by atoms with Gasteiger partial charge in [0.05, 0.1) is 33.8 Å². The van der Waals surface area contributed by atoms with Crippen molar-refractivity contribution in [3.8, 4) is 17.2 Å². The third-order valence-corrected chi connectivity index (χ3v) is 8.93. The molecule has 192 valence electrons. The summed E-state index contributed by atoms with van der Waals surface area (Å²) in [6, 6.07) is 6.64. The Morgan fingerprint density at radius 1 is 1.14 bits per heavy atom. The molecule has 2 aliphatic carbocycles. The number of benzene rings is 2. The maximum Gasteiger partial charge on any atom is 0.417 e. The second-order valence-electron chi connectivity index (χ2n) is 9.04. The first-order valence-corrected chi connectivity index (χ1v) is 12.5. The van der Waals surface area contributed by atoms with Gasteiger partial charge in [-0.1, -0.05) is 6.07 Å². The van der Waals surface area contributed by atoms with Crippen molar-refractivity contribution in [1.29, 1.82) is 5.26 Å².